The first-order valence-electron chi connectivity index (χ1n) is 6.70. The van der Waals surface area contributed by atoms with Gasteiger partial charge in [0.25, 0.3) is 0 Å². The third-order valence-corrected chi connectivity index (χ3v) is 4.37. The van der Waals surface area contributed by atoms with Crippen LogP contribution in [-0.2, 0) is 6.42 Å². The molecule has 20 heavy (non-hydrogen) atoms. The Balaban J connectivity index is 2.26. The molecule has 4 heteroatoms. The lowest BCUT2D eigenvalue weighted by Gasteiger charge is -2.20. The van der Waals surface area contributed by atoms with E-state index in [0.717, 1.165) is 27.6 Å². The Bertz CT molecular complexity index is 567. The standard InChI is InChI=1S/C16H18Br2N2/c1-3-19-16(9-13-6-5-12(17)10-20-13)14-8-11(2)4-7-15(14)18/h4-8,10,16,19H,3,9H2,1-2H3. The second kappa shape index (κ2) is 7.34. The van der Waals surface area contributed by atoms with Crippen molar-refractivity contribution in [2.24, 2.45) is 0 Å². The number of nitrogens with zero attached hydrogens (tertiary/aromatic N) is 1. The molecule has 0 aliphatic carbocycles. The van der Waals surface area contributed by atoms with Gasteiger partial charge in [0.1, 0.15) is 0 Å². The third-order valence-electron chi connectivity index (χ3n) is 3.18. The number of likely N-dealkylation sites (N-methyl/N-ethyl adjacent to an activating group) is 1. The smallest absolute Gasteiger partial charge is 0.0423 e. The number of rotatable bonds is 5. The van der Waals surface area contributed by atoms with Gasteiger partial charge < -0.3 is 5.32 Å². The Morgan fingerprint density at radius 1 is 1.20 bits per heavy atom. The molecule has 1 aromatic carbocycles. The van der Waals surface area contributed by atoms with Crippen molar-refractivity contribution in [1.29, 1.82) is 0 Å². The van der Waals surface area contributed by atoms with E-state index in [4.69, 9.17) is 0 Å². The fraction of sp³-hybridized carbons (Fsp3) is 0.312. The first-order chi connectivity index (χ1) is 9.60. The molecule has 1 atom stereocenters. The molecule has 0 spiro atoms. The van der Waals surface area contributed by atoms with Crippen LogP contribution in [0.4, 0.5) is 0 Å². The van der Waals surface area contributed by atoms with Crippen molar-refractivity contribution in [3.63, 3.8) is 0 Å². The lowest BCUT2D eigenvalue weighted by molar-refractivity contribution is 0.542. The van der Waals surface area contributed by atoms with Crippen LogP contribution in [0.25, 0.3) is 0 Å². The number of nitrogens with one attached hydrogen (secondary N) is 1. The van der Waals surface area contributed by atoms with Crippen molar-refractivity contribution >= 4 is 31.9 Å². The molecule has 1 unspecified atom stereocenters. The van der Waals surface area contributed by atoms with Crippen LogP contribution in [0.2, 0.25) is 0 Å². The van der Waals surface area contributed by atoms with E-state index in [0.29, 0.717) is 0 Å². The second-order valence-electron chi connectivity index (χ2n) is 4.81. The first kappa shape index (κ1) is 15.7. The number of pyridine rings is 1. The van der Waals surface area contributed by atoms with Gasteiger partial charge in [-0.25, -0.2) is 0 Å². The van der Waals surface area contributed by atoms with E-state index in [2.05, 4.69) is 80.3 Å². The summed E-state index contributed by atoms with van der Waals surface area (Å²) in [6.07, 6.45) is 2.73. The van der Waals surface area contributed by atoms with E-state index < -0.39 is 0 Å². The minimum Gasteiger partial charge on any atom is -0.310 e. The summed E-state index contributed by atoms with van der Waals surface area (Å²) in [4.78, 5) is 4.48. The monoisotopic (exact) mass is 396 g/mol. The Morgan fingerprint density at radius 3 is 2.65 bits per heavy atom. The van der Waals surface area contributed by atoms with Gasteiger partial charge in [0.2, 0.25) is 0 Å². The van der Waals surface area contributed by atoms with Crippen molar-refractivity contribution in [3.05, 3.63) is 62.3 Å². The highest BCUT2D eigenvalue weighted by Gasteiger charge is 2.15. The molecule has 1 aromatic heterocycles. The summed E-state index contributed by atoms with van der Waals surface area (Å²) in [6.45, 7) is 5.18. The van der Waals surface area contributed by atoms with Crippen molar-refractivity contribution in [2.75, 3.05) is 6.54 Å². The molecule has 2 rings (SSSR count). The van der Waals surface area contributed by atoms with E-state index in [-0.39, 0.29) is 6.04 Å². The van der Waals surface area contributed by atoms with Gasteiger partial charge >= 0.3 is 0 Å². The fourth-order valence-corrected chi connectivity index (χ4v) is 2.96. The Kier molecular flexibility index (Phi) is 5.75. The van der Waals surface area contributed by atoms with E-state index >= 15 is 0 Å². The van der Waals surface area contributed by atoms with Crippen LogP contribution in [0, 0.1) is 6.92 Å². The van der Waals surface area contributed by atoms with E-state index in [9.17, 15) is 0 Å². The third kappa shape index (κ3) is 4.14. The topological polar surface area (TPSA) is 24.9 Å². The lowest BCUT2D eigenvalue weighted by atomic mass is 10.00. The Labute approximate surface area is 137 Å². The molecule has 0 amide bonds. The summed E-state index contributed by atoms with van der Waals surface area (Å²) in [5.41, 5.74) is 3.65. The molecule has 1 N–H and O–H groups in total. The number of benzene rings is 1. The van der Waals surface area contributed by atoms with Crippen molar-refractivity contribution in [3.8, 4) is 0 Å². The van der Waals surface area contributed by atoms with E-state index in [1.165, 1.54) is 11.1 Å². The summed E-state index contributed by atoms with van der Waals surface area (Å²) in [5, 5.41) is 3.55. The van der Waals surface area contributed by atoms with Crippen LogP contribution in [0.5, 0.6) is 0 Å². The van der Waals surface area contributed by atoms with Gasteiger partial charge in [-0.05, 0) is 53.2 Å². The van der Waals surface area contributed by atoms with Gasteiger partial charge in [0.15, 0.2) is 0 Å². The number of aromatic nitrogens is 1. The average Bonchev–Trinajstić information content (AvgIpc) is 2.43. The van der Waals surface area contributed by atoms with E-state index in [1.807, 2.05) is 12.3 Å². The summed E-state index contributed by atoms with van der Waals surface area (Å²) < 4.78 is 2.16. The number of aryl methyl sites for hydroxylation is 1. The minimum absolute atomic E-state index is 0.267. The molecule has 2 nitrogen and oxygen atoms in total. The molecule has 106 valence electrons. The maximum Gasteiger partial charge on any atom is 0.0423 e. The molecule has 0 bridgehead atoms. The summed E-state index contributed by atoms with van der Waals surface area (Å²) in [7, 11) is 0. The van der Waals surface area contributed by atoms with Crippen LogP contribution < -0.4 is 5.32 Å². The highest BCUT2D eigenvalue weighted by molar-refractivity contribution is 9.10. The summed E-state index contributed by atoms with van der Waals surface area (Å²) >= 11 is 7.08. The van der Waals surface area contributed by atoms with Gasteiger partial charge in [-0.2, -0.15) is 0 Å². The normalized spacial score (nSPS) is 12.4. The fourth-order valence-electron chi connectivity index (χ4n) is 2.21. The zero-order valence-corrected chi connectivity index (χ0v) is 14.8. The predicted octanol–water partition coefficient (Wildman–Crippen LogP) is 4.81. The van der Waals surface area contributed by atoms with Crippen LogP contribution in [0.15, 0.2) is 45.5 Å². The second-order valence-corrected chi connectivity index (χ2v) is 6.58. The molecule has 2 aromatic rings. The lowest BCUT2D eigenvalue weighted by Crippen LogP contribution is -2.23. The van der Waals surface area contributed by atoms with Crippen molar-refractivity contribution in [2.45, 2.75) is 26.3 Å². The number of hydrogen-bond acceptors (Lipinski definition) is 2. The molecule has 0 aliphatic rings. The Hall–Kier alpha value is -0.710. The predicted molar refractivity (Wildman–Crippen MR) is 90.9 cm³/mol. The highest BCUT2D eigenvalue weighted by Crippen LogP contribution is 2.27. The molecule has 0 saturated carbocycles. The van der Waals surface area contributed by atoms with E-state index in [1.54, 1.807) is 0 Å². The molecular weight excluding hydrogens is 380 g/mol. The van der Waals surface area contributed by atoms with Crippen LogP contribution in [-0.4, -0.2) is 11.5 Å². The van der Waals surface area contributed by atoms with Gasteiger partial charge in [0, 0.05) is 33.3 Å². The molecular formula is C16H18Br2N2. The largest absolute Gasteiger partial charge is 0.310 e. The van der Waals surface area contributed by atoms with Crippen LogP contribution in [0.3, 0.4) is 0 Å². The van der Waals surface area contributed by atoms with Gasteiger partial charge in [-0.3, -0.25) is 4.98 Å². The SMILES string of the molecule is CCNC(Cc1ccc(Br)cn1)c1cc(C)ccc1Br. The van der Waals surface area contributed by atoms with Crippen molar-refractivity contribution < 1.29 is 0 Å². The number of halogens is 2. The first-order valence-corrected chi connectivity index (χ1v) is 8.28. The summed E-state index contributed by atoms with van der Waals surface area (Å²) in [6, 6.07) is 10.8. The van der Waals surface area contributed by atoms with Gasteiger partial charge in [0.05, 0.1) is 0 Å². The summed E-state index contributed by atoms with van der Waals surface area (Å²) in [5.74, 6) is 0. The molecule has 0 fully saturated rings. The zero-order chi connectivity index (χ0) is 14.5. The van der Waals surface area contributed by atoms with Crippen LogP contribution >= 0.6 is 31.9 Å². The maximum absolute atomic E-state index is 4.48. The molecule has 1 heterocycles. The zero-order valence-electron chi connectivity index (χ0n) is 11.7. The van der Waals surface area contributed by atoms with Gasteiger partial charge in [-0.15, -0.1) is 0 Å². The quantitative estimate of drug-likeness (QED) is 0.782. The number of hydrogen-bond donors (Lipinski definition) is 1. The maximum atomic E-state index is 4.48. The Morgan fingerprint density at radius 2 is 2.00 bits per heavy atom. The minimum atomic E-state index is 0.267. The molecule has 0 radical (unpaired) electrons. The highest BCUT2D eigenvalue weighted by atomic mass is 79.9. The van der Waals surface area contributed by atoms with Gasteiger partial charge in [-0.1, -0.05) is 40.5 Å². The molecule has 0 saturated heterocycles. The average molecular weight is 398 g/mol. The molecule has 0 aliphatic heterocycles. The van der Waals surface area contributed by atoms with Crippen molar-refractivity contribution in [1.82, 2.24) is 10.3 Å². The van der Waals surface area contributed by atoms with Crippen LogP contribution in [0.1, 0.15) is 29.8 Å².